The van der Waals surface area contributed by atoms with Crippen LogP contribution in [0.3, 0.4) is 0 Å². The van der Waals surface area contributed by atoms with Crippen molar-refractivity contribution in [2.75, 3.05) is 0 Å². The Labute approximate surface area is 79.4 Å². The van der Waals surface area contributed by atoms with Crippen LogP contribution in [0.15, 0.2) is 24.5 Å². The van der Waals surface area contributed by atoms with Crippen LogP contribution in [0, 0.1) is 12.3 Å². The van der Waals surface area contributed by atoms with Crippen LogP contribution in [0.25, 0.3) is 0 Å². The van der Waals surface area contributed by atoms with Crippen LogP contribution in [0.1, 0.15) is 18.9 Å². The molecule has 1 aromatic heterocycles. The van der Waals surface area contributed by atoms with Gasteiger partial charge in [0.05, 0.1) is 6.04 Å². The summed E-state index contributed by atoms with van der Waals surface area (Å²) in [4.78, 5) is 3.94. The number of pyridine rings is 1. The Morgan fingerprint density at radius 2 is 2.23 bits per heavy atom. The lowest BCUT2D eigenvalue weighted by molar-refractivity contribution is 0.592. The molecule has 1 atom stereocenters. The zero-order valence-corrected chi connectivity index (χ0v) is 7.83. The Kier molecular flexibility index (Phi) is 4.01. The van der Waals surface area contributed by atoms with E-state index in [4.69, 9.17) is 6.42 Å². The number of rotatable bonds is 4. The normalized spacial score (nSPS) is 12.0. The minimum Gasteiger partial charge on any atom is -0.300 e. The molecule has 0 spiro atoms. The largest absolute Gasteiger partial charge is 0.300 e. The minimum absolute atomic E-state index is 0.174. The summed E-state index contributed by atoms with van der Waals surface area (Å²) >= 11 is 0. The number of terminal acetylenes is 1. The lowest BCUT2D eigenvalue weighted by atomic mass is 10.2. The summed E-state index contributed by atoms with van der Waals surface area (Å²) < 4.78 is 0. The Balaban J connectivity index is 2.40. The van der Waals surface area contributed by atoms with Crippen molar-refractivity contribution in [3.8, 4) is 12.3 Å². The maximum atomic E-state index is 5.32. The fourth-order valence-corrected chi connectivity index (χ4v) is 1.06. The Morgan fingerprint density at radius 1 is 1.54 bits per heavy atom. The van der Waals surface area contributed by atoms with Gasteiger partial charge in [0, 0.05) is 18.9 Å². The fourth-order valence-electron chi connectivity index (χ4n) is 1.06. The van der Waals surface area contributed by atoms with E-state index in [2.05, 4.69) is 23.1 Å². The smallest absolute Gasteiger partial charge is 0.0686 e. The molecule has 1 unspecified atom stereocenters. The highest BCUT2D eigenvalue weighted by molar-refractivity contribution is 5.10. The van der Waals surface area contributed by atoms with Crippen molar-refractivity contribution in [2.45, 2.75) is 25.9 Å². The first-order valence-corrected chi connectivity index (χ1v) is 4.45. The maximum Gasteiger partial charge on any atom is 0.0686 e. The van der Waals surface area contributed by atoms with Gasteiger partial charge in [-0.25, -0.2) is 0 Å². The Hall–Kier alpha value is -1.33. The molecule has 0 saturated heterocycles. The van der Waals surface area contributed by atoms with Crippen molar-refractivity contribution in [1.82, 2.24) is 10.3 Å². The van der Waals surface area contributed by atoms with Gasteiger partial charge in [-0.05, 0) is 24.1 Å². The lowest BCUT2D eigenvalue weighted by Crippen LogP contribution is -2.26. The monoisotopic (exact) mass is 174 g/mol. The van der Waals surface area contributed by atoms with Crippen LogP contribution in [-0.4, -0.2) is 11.0 Å². The molecule has 68 valence electrons. The fraction of sp³-hybridized carbons (Fsp3) is 0.364. The number of aromatic nitrogens is 1. The first-order valence-electron chi connectivity index (χ1n) is 4.45. The van der Waals surface area contributed by atoms with Crippen molar-refractivity contribution in [3.63, 3.8) is 0 Å². The molecule has 1 N–H and O–H groups in total. The third-order valence-corrected chi connectivity index (χ3v) is 1.91. The van der Waals surface area contributed by atoms with Crippen LogP contribution >= 0.6 is 0 Å². The van der Waals surface area contributed by atoms with Crippen molar-refractivity contribution in [3.05, 3.63) is 30.1 Å². The van der Waals surface area contributed by atoms with Crippen LogP contribution in [0.5, 0.6) is 0 Å². The van der Waals surface area contributed by atoms with Crippen LogP contribution < -0.4 is 5.32 Å². The predicted octanol–water partition coefficient (Wildman–Crippen LogP) is 1.58. The average Bonchev–Trinajstić information content (AvgIpc) is 2.21. The molecule has 0 aliphatic carbocycles. The second-order valence-corrected chi connectivity index (χ2v) is 2.86. The van der Waals surface area contributed by atoms with Gasteiger partial charge in [0.2, 0.25) is 0 Å². The maximum absolute atomic E-state index is 5.32. The molecule has 13 heavy (non-hydrogen) atoms. The lowest BCUT2D eigenvalue weighted by Gasteiger charge is -2.09. The minimum atomic E-state index is 0.174. The van der Waals surface area contributed by atoms with Crippen molar-refractivity contribution >= 4 is 0 Å². The summed E-state index contributed by atoms with van der Waals surface area (Å²) in [6, 6.07) is 4.14. The summed E-state index contributed by atoms with van der Waals surface area (Å²) in [6.45, 7) is 2.88. The van der Waals surface area contributed by atoms with Crippen molar-refractivity contribution in [2.24, 2.45) is 0 Å². The molecule has 0 bridgehead atoms. The standard InChI is InChI=1S/C11H14N2/c1-3-11(4-2)13-9-10-5-7-12-8-6-10/h1,5-8,11,13H,4,9H2,2H3. The molecule has 1 rings (SSSR count). The molecule has 0 amide bonds. The summed E-state index contributed by atoms with van der Waals surface area (Å²) in [5.74, 6) is 2.70. The number of nitrogens with zero attached hydrogens (tertiary/aromatic N) is 1. The van der Waals surface area contributed by atoms with Crippen molar-refractivity contribution < 1.29 is 0 Å². The van der Waals surface area contributed by atoms with Gasteiger partial charge in [0.1, 0.15) is 0 Å². The van der Waals surface area contributed by atoms with E-state index >= 15 is 0 Å². The highest BCUT2D eigenvalue weighted by Gasteiger charge is 1.99. The van der Waals surface area contributed by atoms with Gasteiger partial charge in [-0.1, -0.05) is 12.8 Å². The zero-order chi connectivity index (χ0) is 9.52. The summed E-state index contributed by atoms with van der Waals surface area (Å²) in [5, 5.41) is 3.27. The van der Waals surface area contributed by atoms with E-state index in [-0.39, 0.29) is 6.04 Å². The van der Waals surface area contributed by atoms with E-state index in [1.807, 2.05) is 12.1 Å². The van der Waals surface area contributed by atoms with E-state index in [1.54, 1.807) is 12.4 Å². The second kappa shape index (κ2) is 5.34. The zero-order valence-electron chi connectivity index (χ0n) is 7.83. The molecule has 0 fully saturated rings. The molecular weight excluding hydrogens is 160 g/mol. The first kappa shape index (κ1) is 9.76. The SMILES string of the molecule is C#CC(CC)NCc1ccncc1. The van der Waals surface area contributed by atoms with E-state index in [9.17, 15) is 0 Å². The third-order valence-electron chi connectivity index (χ3n) is 1.91. The number of hydrogen-bond acceptors (Lipinski definition) is 2. The predicted molar refractivity (Wildman–Crippen MR) is 54.0 cm³/mol. The van der Waals surface area contributed by atoms with E-state index < -0.39 is 0 Å². The molecule has 2 nitrogen and oxygen atoms in total. The van der Waals surface area contributed by atoms with Gasteiger partial charge in [-0.3, -0.25) is 10.3 Å². The third kappa shape index (κ3) is 3.27. The topological polar surface area (TPSA) is 24.9 Å². The highest BCUT2D eigenvalue weighted by atomic mass is 14.9. The summed E-state index contributed by atoms with van der Waals surface area (Å²) in [6.07, 6.45) is 9.85. The highest BCUT2D eigenvalue weighted by Crippen LogP contribution is 1.97. The quantitative estimate of drug-likeness (QED) is 0.701. The molecule has 0 saturated carbocycles. The molecule has 0 aromatic carbocycles. The van der Waals surface area contributed by atoms with Gasteiger partial charge in [-0.15, -0.1) is 6.42 Å². The van der Waals surface area contributed by atoms with Gasteiger partial charge in [0.25, 0.3) is 0 Å². The van der Waals surface area contributed by atoms with Crippen LogP contribution in [-0.2, 0) is 6.54 Å². The van der Waals surface area contributed by atoms with Crippen LogP contribution in [0.2, 0.25) is 0 Å². The molecule has 0 radical (unpaired) electrons. The molecule has 2 heteroatoms. The van der Waals surface area contributed by atoms with Gasteiger partial charge in [-0.2, -0.15) is 0 Å². The molecule has 0 aliphatic heterocycles. The van der Waals surface area contributed by atoms with Gasteiger partial charge in [0.15, 0.2) is 0 Å². The first-order chi connectivity index (χ1) is 6.36. The van der Waals surface area contributed by atoms with E-state index in [0.717, 1.165) is 13.0 Å². The van der Waals surface area contributed by atoms with E-state index in [1.165, 1.54) is 5.56 Å². The molecular formula is C11H14N2. The van der Waals surface area contributed by atoms with Crippen molar-refractivity contribution in [1.29, 1.82) is 0 Å². The van der Waals surface area contributed by atoms with E-state index in [0.29, 0.717) is 0 Å². The Morgan fingerprint density at radius 3 is 2.77 bits per heavy atom. The molecule has 0 aliphatic rings. The summed E-state index contributed by atoms with van der Waals surface area (Å²) in [7, 11) is 0. The Bertz CT molecular complexity index is 274. The number of hydrogen-bond donors (Lipinski definition) is 1. The van der Waals surface area contributed by atoms with Gasteiger partial charge >= 0.3 is 0 Å². The molecule has 1 heterocycles. The van der Waals surface area contributed by atoms with Gasteiger partial charge < -0.3 is 0 Å². The van der Waals surface area contributed by atoms with Crippen LogP contribution in [0.4, 0.5) is 0 Å². The second-order valence-electron chi connectivity index (χ2n) is 2.86. The summed E-state index contributed by atoms with van der Waals surface area (Å²) in [5.41, 5.74) is 1.21. The average molecular weight is 174 g/mol. The number of nitrogens with one attached hydrogen (secondary N) is 1. The molecule has 1 aromatic rings.